The van der Waals surface area contributed by atoms with E-state index < -0.39 is 0 Å². The van der Waals surface area contributed by atoms with Gasteiger partial charge in [0.1, 0.15) is 12.3 Å². The molecule has 2 aromatic carbocycles. The molecule has 5 rings (SSSR count). The summed E-state index contributed by atoms with van der Waals surface area (Å²) < 4.78 is 5.28. The summed E-state index contributed by atoms with van der Waals surface area (Å²) in [5.74, 6) is 0.709. The van der Waals surface area contributed by atoms with Crippen LogP contribution in [0.3, 0.4) is 0 Å². The number of amides is 2. The third-order valence-corrected chi connectivity index (χ3v) is 7.36. The second-order valence-corrected chi connectivity index (χ2v) is 9.86. The van der Waals surface area contributed by atoms with Gasteiger partial charge in [-0.25, -0.2) is 0 Å². The number of carbonyl (C=O) groups is 2. The van der Waals surface area contributed by atoms with E-state index in [4.69, 9.17) is 4.74 Å². The lowest BCUT2D eigenvalue weighted by atomic mass is 10.1. The van der Waals surface area contributed by atoms with Crippen LogP contribution in [0.15, 0.2) is 72.2 Å². The maximum atomic E-state index is 13.6. The fourth-order valence-electron chi connectivity index (χ4n) is 4.38. The largest absolute Gasteiger partial charge is 0.497 e. The normalized spacial score (nSPS) is 13.1. The average molecular weight is 488 g/mol. The number of para-hydroxylation sites is 1. The van der Waals surface area contributed by atoms with E-state index in [2.05, 4.69) is 17.1 Å². The molecule has 6 nitrogen and oxygen atoms in total. The Bertz CT molecular complexity index is 1290. The van der Waals surface area contributed by atoms with Crippen molar-refractivity contribution in [2.24, 2.45) is 0 Å². The Labute approximate surface area is 209 Å². The minimum Gasteiger partial charge on any atom is -0.497 e. The number of thiophene rings is 1. The molecule has 1 N–H and O–H groups in total. The first kappa shape index (κ1) is 23.2. The van der Waals surface area contributed by atoms with Gasteiger partial charge >= 0.3 is 0 Å². The van der Waals surface area contributed by atoms with E-state index in [0.29, 0.717) is 18.0 Å². The van der Waals surface area contributed by atoms with Crippen LogP contribution in [0.1, 0.15) is 33.6 Å². The van der Waals surface area contributed by atoms with E-state index in [0.717, 1.165) is 36.1 Å². The minimum absolute atomic E-state index is 0.0301. The van der Waals surface area contributed by atoms with Crippen LogP contribution in [-0.2, 0) is 17.8 Å². The summed E-state index contributed by atoms with van der Waals surface area (Å²) in [7, 11) is 1.64. The van der Waals surface area contributed by atoms with E-state index in [1.807, 2.05) is 65.0 Å². The highest BCUT2D eigenvalue weighted by molar-refractivity contribution is 7.12. The first-order valence-corrected chi connectivity index (χ1v) is 12.8. The molecule has 0 bridgehead atoms. The van der Waals surface area contributed by atoms with Crippen molar-refractivity contribution >= 4 is 34.1 Å². The van der Waals surface area contributed by atoms with Gasteiger partial charge in [0.2, 0.25) is 5.91 Å². The molecule has 0 radical (unpaired) electrons. The van der Waals surface area contributed by atoms with Crippen LogP contribution in [0.25, 0.3) is 10.9 Å². The standard InChI is InChI=1S/C28H29N3O3S/c1-34-23-12-8-20(9-13-23)18-30(15-14-21-17-29-25-6-3-2-5-24(21)25)27(32)19-31(22-10-11-22)28(33)26-7-4-16-35-26/h2-9,12-13,16-17,22,29H,10-11,14-15,18-19H2,1H3. The summed E-state index contributed by atoms with van der Waals surface area (Å²) in [5, 5.41) is 3.08. The number of H-pyrrole nitrogens is 1. The van der Waals surface area contributed by atoms with Crippen molar-refractivity contribution in [2.75, 3.05) is 20.2 Å². The zero-order valence-corrected chi connectivity index (χ0v) is 20.6. The fraction of sp³-hybridized carbons (Fsp3) is 0.286. The Morgan fingerprint density at radius 3 is 2.57 bits per heavy atom. The molecule has 1 saturated carbocycles. The van der Waals surface area contributed by atoms with Crippen LogP contribution in [0.5, 0.6) is 5.75 Å². The van der Waals surface area contributed by atoms with E-state index >= 15 is 0 Å². The molecule has 0 aliphatic heterocycles. The Hall–Kier alpha value is -3.58. The number of hydrogen-bond donors (Lipinski definition) is 1. The fourth-order valence-corrected chi connectivity index (χ4v) is 5.06. The Balaban J connectivity index is 1.34. The lowest BCUT2D eigenvalue weighted by Gasteiger charge is -2.28. The van der Waals surface area contributed by atoms with Gasteiger partial charge in [0.25, 0.3) is 5.91 Å². The molecule has 0 spiro atoms. The van der Waals surface area contributed by atoms with Gasteiger partial charge in [0.15, 0.2) is 0 Å². The molecule has 2 heterocycles. The number of nitrogens with zero attached hydrogens (tertiary/aromatic N) is 2. The Kier molecular flexibility index (Phi) is 6.86. The summed E-state index contributed by atoms with van der Waals surface area (Å²) in [6, 6.07) is 19.9. The van der Waals surface area contributed by atoms with Crippen molar-refractivity contribution in [3.8, 4) is 5.75 Å². The van der Waals surface area contributed by atoms with E-state index in [1.165, 1.54) is 22.3 Å². The van der Waals surface area contributed by atoms with Gasteiger partial charge in [-0.3, -0.25) is 9.59 Å². The molecule has 180 valence electrons. The number of ether oxygens (including phenoxy) is 1. The highest BCUT2D eigenvalue weighted by Gasteiger charge is 2.35. The maximum absolute atomic E-state index is 13.6. The second-order valence-electron chi connectivity index (χ2n) is 8.91. The van der Waals surface area contributed by atoms with Crippen LogP contribution >= 0.6 is 11.3 Å². The molecular formula is C28H29N3O3S. The Morgan fingerprint density at radius 2 is 1.86 bits per heavy atom. The number of fused-ring (bicyclic) bond motifs is 1. The number of rotatable bonds is 10. The number of benzene rings is 2. The number of methoxy groups -OCH3 is 1. The molecule has 1 aliphatic carbocycles. The van der Waals surface area contributed by atoms with Crippen molar-refractivity contribution in [2.45, 2.75) is 31.8 Å². The quantitative estimate of drug-likeness (QED) is 0.338. The number of carbonyl (C=O) groups excluding carboxylic acids is 2. The zero-order chi connectivity index (χ0) is 24.2. The molecule has 2 aromatic heterocycles. The van der Waals surface area contributed by atoms with Crippen molar-refractivity contribution in [1.82, 2.24) is 14.8 Å². The molecule has 2 amide bonds. The second kappa shape index (κ2) is 10.4. The van der Waals surface area contributed by atoms with Gasteiger partial charge in [0, 0.05) is 36.2 Å². The maximum Gasteiger partial charge on any atom is 0.264 e. The third-order valence-electron chi connectivity index (χ3n) is 6.50. The van der Waals surface area contributed by atoms with Crippen LogP contribution in [-0.4, -0.2) is 52.8 Å². The van der Waals surface area contributed by atoms with Crippen LogP contribution in [0.4, 0.5) is 0 Å². The molecular weight excluding hydrogens is 458 g/mol. The third kappa shape index (κ3) is 5.41. The average Bonchev–Trinajstić information content (AvgIpc) is 3.41. The van der Waals surface area contributed by atoms with Crippen molar-refractivity contribution in [1.29, 1.82) is 0 Å². The molecule has 0 saturated heterocycles. The lowest BCUT2D eigenvalue weighted by Crippen LogP contribution is -2.44. The number of hydrogen-bond acceptors (Lipinski definition) is 4. The molecule has 0 unspecified atom stereocenters. The lowest BCUT2D eigenvalue weighted by molar-refractivity contribution is -0.132. The first-order valence-electron chi connectivity index (χ1n) is 11.9. The van der Waals surface area contributed by atoms with Crippen LogP contribution in [0.2, 0.25) is 0 Å². The molecule has 4 aromatic rings. The predicted molar refractivity (Wildman–Crippen MR) is 139 cm³/mol. The van der Waals surface area contributed by atoms with Gasteiger partial charge in [-0.2, -0.15) is 0 Å². The zero-order valence-electron chi connectivity index (χ0n) is 19.8. The van der Waals surface area contributed by atoms with Gasteiger partial charge in [-0.1, -0.05) is 36.4 Å². The number of aromatic nitrogens is 1. The van der Waals surface area contributed by atoms with Gasteiger partial charge in [-0.15, -0.1) is 11.3 Å². The molecule has 1 fully saturated rings. The monoisotopic (exact) mass is 487 g/mol. The summed E-state index contributed by atoms with van der Waals surface area (Å²) in [4.78, 5) is 34.4. The van der Waals surface area contributed by atoms with Gasteiger partial charge in [-0.05, 0) is 60.0 Å². The topological polar surface area (TPSA) is 65.6 Å². The van der Waals surface area contributed by atoms with Gasteiger partial charge in [0.05, 0.1) is 12.0 Å². The smallest absolute Gasteiger partial charge is 0.264 e. The predicted octanol–water partition coefficient (Wildman–Crippen LogP) is 5.11. The Morgan fingerprint density at radius 1 is 1.06 bits per heavy atom. The van der Waals surface area contributed by atoms with Crippen LogP contribution < -0.4 is 4.74 Å². The number of nitrogens with one attached hydrogen (secondary N) is 1. The summed E-state index contributed by atoms with van der Waals surface area (Å²) in [6.45, 7) is 1.15. The van der Waals surface area contributed by atoms with Crippen molar-refractivity contribution < 1.29 is 14.3 Å². The number of aromatic amines is 1. The van der Waals surface area contributed by atoms with Crippen molar-refractivity contribution in [3.63, 3.8) is 0 Å². The highest BCUT2D eigenvalue weighted by Crippen LogP contribution is 2.29. The van der Waals surface area contributed by atoms with E-state index in [1.54, 1.807) is 12.0 Å². The SMILES string of the molecule is COc1ccc(CN(CCc2c[nH]c3ccccc23)C(=O)CN(C(=O)c2cccs2)C2CC2)cc1. The molecule has 35 heavy (non-hydrogen) atoms. The van der Waals surface area contributed by atoms with E-state index in [9.17, 15) is 9.59 Å². The van der Waals surface area contributed by atoms with Gasteiger partial charge < -0.3 is 19.5 Å². The molecule has 7 heteroatoms. The summed E-state index contributed by atoms with van der Waals surface area (Å²) in [5.41, 5.74) is 3.31. The highest BCUT2D eigenvalue weighted by atomic mass is 32.1. The summed E-state index contributed by atoms with van der Waals surface area (Å²) >= 11 is 1.42. The minimum atomic E-state index is -0.0446. The van der Waals surface area contributed by atoms with Crippen molar-refractivity contribution in [3.05, 3.63) is 88.2 Å². The molecule has 1 aliphatic rings. The van der Waals surface area contributed by atoms with Crippen LogP contribution in [0, 0.1) is 0 Å². The summed E-state index contributed by atoms with van der Waals surface area (Å²) in [6.07, 6.45) is 4.67. The van der Waals surface area contributed by atoms with E-state index in [-0.39, 0.29) is 24.4 Å². The molecule has 0 atom stereocenters. The first-order chi connectivity index (χ1) is 17.1.